The maximum absolute atomic E-state index is 11.9. The van der Waals surface area contributed by atoms with Crippen molar-refractivity contribution in [1.82, 2.24) is 10.3 Å². The van der Waals surface area contributed by atoms with Crippen molar-refractivity contribution in [3.63, 3.8) is 0 Å². The molecule has 3 nitrogen and oxygen atoms in total. The van der Waals surface area contributed by atoms with Crippen LogP contribution in [0.4, 0.5) is 0 Å². The monoisotopic (exact) mass is 214 g/mol. The van der Waals surface area contributed by atoms with E-state index in [9.17, 15) is 4.79 Å². The lowest BCUT2D eigenvalue weighted by atomic mass is 10.2. The number of fused-ring (bicyclic) bond motifs is 1. The lowest BCUT2D eigenvalue weighted by Gasteiger charge is -2.09. The molecule has 0 aliphatic heterocycles. The Morgan fingerprint density at radius 2 is 2.12 bits per heavy atom. The lowest BCUT2D eigenvalue weighted by molar-refractivity contribution is 0.0931. The van der Waals surface area contributed by atoms with E-state index in [1.54, 1.807) is 0 Å². The Balaban J connectivity index is 1.90. The number of nitrogens with one attached hydrogen (secondary N) is 2. The van der Waals surface area contributed by atoms with Crippen molar-refractivity contribution in [3.8, 4) is 0 Å². The number of aromatic amines is 1. The van der Waals surface area contributed by atoms with E-state index in [4.69, 9.17) is 0 Å². The molecule has 2 aromatic rings. The van der Waals surface area contributed by atoms with E-state index >= 15 is 0 Å². The van der Waals surface area contributed by atoms with E-state index in [0.717, 1.165) is 23.7 Å². The van der Waals surface area contributed by atoms with Gasteiger partial charge >= 0.3 is 0 Å². The summed E-state index contributed by atoms with van der Waals surface area (Å²) in [4.78, 5) is 15.1. The Labute approximate surface area is 93.9 Å². The molecule has 0 spiro atoms. The van der Waals surface area contributed by atoms with Crippen molar-refractivity contribution < 1.29 is 4.79 Å². The van der Waals surface area contributed by atoms with Gasteiger partial charge in [0, 0.05) is 16.4 Å². The third-order valence-corrected chi connectivity index (χ3v) is 3.19. The van der Waals surface area contributed by atoms with Gasteiger partial charge in [-0.05, 0) is 31.9 Å². The van der Waals surface area contributed by atoms with Crippen LogP contribution in [0.1, 0.15) is 30.3 Å². The van der Waals surface area contributed by atoms with Crippen LogP contribution < -0.4 is 5.32 Å². The predicted molar refractivity (Wildman–Crippen MR) is 63.4 cm³/mol. The number of benzene rings is 1. The molecule has 1 amide bonds. The number of aromatic nitrogens is 1. The molecule has 0 bridgehead atoms. The van der Waals surface area contributed by atoms with Crippen LogP contribution in [0.2, 0.25) is 0 Å². The normalized spacial score (nSPS) is 17.3. The second-order valence-corrected chi connectivity index (χ2v) is 4.79. The molecule has 1 fully saturated rings. The summed E-state index contributed by atoms with van der Waals surface area (Å²) in [6, 6.07) is 9.81. The molecular formula is C13H14N2O. The number of hydrogen-bond donors (Lipinski definition) is 2. The van der Waals surface area contributed by atoms with E-state index in [1.165, 1.54) is 0 Å². The molecule has 3 rings (SSSR count). The summed E-state index contributed by atoms with van der Waals surface area (Å²) in [5.41, 5.74) is 1.69. The van der Waals surface area contributed by atoms with Gasteiger partial charge in [0.1, 0.15) is 5.69 Å². The summed E-state index contributed by atoms with van der Waals surface area (Å²) < 4.78 is 0. The van der Waals surface area contributed by atoms with Crippen LogP contribution in [0.15, 0.2) is 30.3 Å². The fourth-order valence-electron chi connectivity index (χ4n) is 1.85. The summed E-state index contributed by atoms with van der Waals surface area (Å²) in [5, 5.41) is 4.11. The molecule has 1 aliphatic rings. The average Bonchev–Trinajstić information content (AvgIpc) is 2.82. The van der Waals surface area contributed by atoms with Crippen molar-refractivity contribution in [3.05, 3.63) is 36.0 Å². The second-order valence-electron chi connectivity index (χ2n) is 4.79. The highest BCUT2D eigenvalue weighted by molar-refractivity contribution is 5.98. The highest BCUT2D eigenvalue weighted by Crippen LogP contribution is 2.34. The maximum atomic E-state index is 11.9. The lowest BCUT2D eigenvalue weighted by Crippen LogP contribution is -2.34. The zero-order valence-corrected chi connectivity index (χ0v) is 9.21. The van der Waals surface area contributed by atoms with E-state index in [0.29, 0.717) is 5.69 Å². The van der Waals surface area contributed by atoms with Gasteiger partial charge in [-0.3, -0.25) is 4.79 Å². The highest BCUT2D eigenvalue weighted by atomic mass is 16.2. The van der Waals surface area contributed by atoms with E-state index < -0.39 is 0 Å². The summed E-state index contributed by atoms with van der Waals surface area (Å²) in [6.45, 7) is 2.08. The number of rotatable bonds is 2. The van der Waals surface area contributed by atoms with Crippen LogP contribution in [0, 0.1) is 0 Å². The first-order chi connectivity index (χ1) is 7.66. The zero-order chi connectivity index (χ0) is 11.2. The van der Waals surface area contributed by atoms with Crippen molar-refractivity contribution in [2.45, 2.75) is 25.3 Å². The summed E-state index contributed by atoms with van der Waals surface area (Å²) in [6.07, 6.45) is 2.16. The second kappa shape index (κ2) is 3.11. The molecule has 3 heteroatoms. The van der Waals surface area contributed by atoms with Gasteiger partial charge in [0.2, 0.25) is 0 Å². The number of carbonyl (C=O) groups excluding carboxylic acids is 1. The fraction of sp³-hybridized carbons (Fsp3) is 0.308. The highest BCUT2D eigenvalue weighted by Gasteiger charge is 2.38. The molecule has 16 heavy (non-hydrogen) atoms. The first-order valence-corrected chi connectivity index (χ1v) is 5.57. The third kappa shape index (κ3) is 1.58. The number of carbonyl (C=O) groups is 1. The molecule has 2 N–H and O–H groups in total. The van der Waals surface area contributed by atoms with Gasteiger partial charge in [-0.2, -0.15) is 0 Å². The Kier molecular flexibility index (Phi) is 1.84. The van der Waals surface area contributed by atoms with Crippen LogP contribution in [0.3, 0.4) is 0 Å². The molecule has 0 unspecified atom stereocenters. The average molecular weight is 214 g/mol. The molecule has 82 valence electrons. The Hall–Kier alpha value is -1.77. The maximum Gasteiger partial charge on any atom is 0.268 e. The SMILES string of the molecule is CC1(NC(=O)c2cc3ccccc3[nH]2)CC1. The van der Waals surface area contributed by atoms with E-state index in [2.05, 4.69) is 17.2 Å². The number of para-hydroxylation sites is 1. The predicted octanol–water partition coefficient (Wildman–Crippen LogP) is 2.45. The van der Waals surface area contributed by atoms with Gasteiger partial charge < -0.3 is 10.3 Å². The number of hydrogen-bond acceptors (Lipinski definition) is 1. The van der Waals surface area contributed by atoms with Crippen LogP contribution in [-0.4, -0.2) is 16.4 Å². The van der Waals surface area contributed by atoms with Gasteiger partial charge in [-0.15, -0.1) is 0 Å². The van der Waals surface area contributed by atoms with Gasteiger partial charge in [0.15, 0.2) is 0 Å². The van der Waals surface area contributed by atoms with Gasteiger partial charge in [0.05, 0.1) is 0 Å². The molecule has 0 atom stereocenters. The van der Waals surface area contributed by atoms with Gasteiger partial charge in [0.25, 0.3) is 5.91 Å². The molecule has 1 aromatic carbocycles. The largest absolute Gasteiger partial charge is 0.351 e. The zero-order valence-electron chi connectivity index (χ0n) is 9.21. The van der Waals surface area contributed by atoms with Crippen molar-refractivity contribution >= 4 is 16.8 Å². The first kappa shape index (κ1) is 9.46. The molecule has 1 aliphatic carbocycles. The van der Waals surface area contributed by atoms with Gasteiger partial charge in [-0.1, -0.05) is 18.2 Å². The van der Waals surface area contributed by atoms with E-state index in [-0.39, 0.29) is 11.4 Å². The summed E-state index contributed by atoms with van der Waals surface area (Å²) in [7, 11) is 0. The van der Waals surface area contributed by atoms with Crippen LogP contribution in [-0.2, 0) is 0 Å². The minimum absolute atomic E-state index is 0.00352. The Morgan fingerprint density at radius 1 is 1.38 bits per heavy atom. The van der Waals surface area contributed by atoms with Crippen molar-refractivity contribution in [2.75, 3.05) is 0 Å². The third-order valence-electron chi connectivity index (χ3n) is 3.19. The molecular weight excluding hydrogens is 200 g/mol. The topological polar surface area (TPSA) is 44.9 Å². The first-order valence-electron chi connectivity index (χ1n) is 5.57. The molecule has 1 heterocycles. The quantitative estimate of drug-likeness (QED) is 0.792. The molecule has 1 aromatic heterocycles. The summed E-state index contributed by atoms with van der Waals surface area (Å²) in [5.74, 6) is -0.00352. The molecule has 0 radical (unpaired) electrons. The van der Waals surface area contributed by atoms with Crippen LogP contribution in [0.25, 0.3) is 10.9 Å². The van der Waals surface area contributed by atoms with Crippen LogP contribution >= 0.6 is 0 Å². The molecule has 1 saturated carbocycles. The summed E-state index contributed by atoms with van der Waals surface area (Å²) >= 11 is 0. The number of H-pyrrole nitrogens is 1. The number of amides is 1. The van der Waals surface area contributed by atoms with E-state index in [1.807, 2.05) is 30.3 Å². The minimum atomic E-state index is -0.00352. The smallest absolute Gasteiger partial charge is 0.268 e. The minimum Gasteiger partial charge on any atom is -0.351 e. The van der Waals surface area contributed by atoms with Crippen LogP contribution in [0.5, 0.6) is 0 Å². The fourth-order valence-corrected chi connectivity index (χ4v) is 1.85. The Morgan fingerprint density at radius 3 is 2.81 bits per heavy atom. The van der Waals surface area contributed by atoms with Crippen molar-refractivity contribution in [1.29, 1.82) is 0 Å². The standard InChI is InChI=1S/C13H14N2O/c1-13(6-7-13)15-12(16)11-8-9-4-2-3-5-10(9)14-11/h2-5,8,14H,6-7H2,1H3,(H,15,16). The van der Waals surface area contributed by atoms with Crippen molar-refractivity contribution in [2.24, 2.45) is 0 Å². The van der Waals surface area contributed by atoms with Gasteiger partial charge in [-0.25, -0.2) is 0 Å². The Bertz CT molecular complexity index is 519. The molecule has 0 saturated heterocycles.